The minimum absolute atomic E-state index is 0.0459. The summed E-state index contributed by atoms with van der Waals surface area (Å²) in [5.41, 5.74) is -0.871. The summed E-state index contributed by atoms with van der Waals surface area (Å²) in [6.45, 7) is 5.36. The van der Waals surface area contributed by atoms with Crippen molar-refractivity contribution in [1.82, 2.24) is 9.97 Å². The first-order valence-corrected chi connectivity index (χ1v) is 7.00. The zero-order chi connectivity index (χ0) is 16.5. The molecule has 0 aromatic carbocycles. The average molecular weight is 320 g/mol. The van der Waals surface area contributed by atoms with Gasteiger partial charge in [0.05, 0.1) is 29.0 Å². The van der Waals surface area contributed by atoms with Crippen molar-refractivity contribution in [3.63, 3.8) is 0 Å². The van der Waals surface area contributed by atoms with Crippen LogP contribution < -0.4 is 5.56 Å². The molecule has 2 aromatic rings. The molecule has 6 nitrogen and oxygen atoms in total. The van der Waals surface area contributed by atoms with Gasteiger partial charge in [0.15, 0.2) is 0 Å². The van der Waals surface area contributed by atoms with Crippen molar-refractivity contribution >= 4 is 28.5 Å². The summed E-state index contributed by atoms with van der Waals surface area (Å²) in [6.07, 6.45) is 1.42. The third kappa shape index (κ3) is 2.55. The van der Waals surface area contributed by atoms with Gasteiger partial charge in [-0.2, -0.15) is 5.26 Å². The molecule has 0 atom stereocenters. The lowest BCUT2D eigenvalue weighted by atomic mass is 9.88. The fourth-order valence-corrected chi connectivity index (χ4v) is 2.30. The van der Waals surface area contributed by atoms with E-state index in [0.29, 0.717) is 16.6 Å². The number of fused-ring (bicyclic) bond motifs is 1. The summed E-state index contributed by atoms with van der Waals surface area (Å²) in [7, 11) is 0. The summed E-state index contributed by atoms with van der Waals surface area (Å²) in [6, 6.07) is 3.36. The fraction of sp³-hybridized carbons (Fsp3) is 0.333. The molecule has 2 aromatic heterocycles. The van der Waals surface area contributed by atoms with E-state index in [1.165, 1.54) is 6.20 Å². The van der Waals surface area contributed by atoms with Gasteiger partial charge in [0.25, 0.3) is 5.56 Å². The van der Waals surface area contributed by atoms with Crippen LogP contribution in [0.2, 0.25) is 5.02 Å². The number of esters is 1. The SMILES string of the molecule is CCOC(=O)C(C)(C)c1cc2c(Cl)c(C#N)c(=O)[nH]c2cn1. The molecule has 0 bridgehead atoms. The molecule has 2 rings (SSSR count). The molecule has 114 valence electrons. The average Bonchev–Trinajstić information content (AvgIpc) is 2.47. The Hall–Kier alpha value is -2.39. The lowest BCUT2D eigenvalue weighted by Crippen LogP contribution is -2.32. The Morgan fingerprint density at radius 3 is 2.82 bits per heavy atom. The van der Waals surface area contributed by atoms with E-state index in [0.717, 1.165) is 0 Å². The van der Waals surface area contributed by atoms with Crippen molar-refractivity contribution in [2.75, 3.05) is 6.61 Å². The van der Waals surface area contributed by atoms with E-state index in [9.17, 15) is 9.59 Å². The number of nitriles is 1. The zero-order valence-electron chi connectivity index (χ0n) is 12.4. The molecule has 0 aliphatic carbocycles. The Bertz CT molecular complexity index is 849. The number of nitrogens with zero attached hydrogens (tertiary/aromatic N) is 2. The summed E-state index contributed by atoms with van der Waals surface area (Å²) in [5, 5.41) is 9.51. The number of aromatic amines is 1. The molecular formula is C15H14ClN3O3. The Labute approximate surface area is 131 Å². The second kappa shape index (κ2) is 5.78. The van der Waals surface area contributed by atoms with Crippen molar-refractivity contribution in [2.45, 2.75) is 26.2 Å². The maximum absolute atomic E-state index is 12.1. The number of pyridine rings is 2. The molecule has 0 aliphatic rings. The highest BCUT2D eigenvalue weighted by atomic mass is 35.5. The first kappa shape index (κ1) is 16.0. The molecular weight excluding hydrogens is 306 g/mol. The fourth-order valence-electron chi connectivity index (χ4n) is 2.01. The molecule has 0 saturated heterocycles. The maximum Gasteiger partial charge on any atom is 0.317 e. The summed E-state index contributed by atoms with van der Waals surface area (Å²) in [4.78, 5) is 30.5. The highest BCUT2D eigenvalue weighted by molar-refractivity contribution is 6.36. The van der Waals surface area contributed by atoms with Crippen molar-refractivity contribution in [3.8, 4) is 6.07 Å². The number of halogens is 1. The largest absolute Gasteiger partial charge is 0.465 e. The van der Waals surface area contributed by atoms with Crippen molar-refractivity contribution in [1.29, 1.82) is 5.26 Å². The van der Waals surface area contributed by atoms with Crippen LogP contribution in [0.4, 0.5) is 0 Å². The Morgan fingerprint density at radius 2 is 2.23 bits per heavy atom. The highest BCUT2D eigenvalue weighted by Gasteiger charge is 2.33. The van der Waals surface area contributed by atoms with Crippen molar-refractivity contribution in [3.05, 3.63) is 38.9 Å². The van der Waals surface area contributed by atoms with E-state index < -0.39 is 16.9 Å². The number of carbonyl (C=O) groups excluding carboxylic acids is 1. The van der Waals surface area contributed by atoms with Crippen LogP contribution in [0.25, 0.3) is 10.9 Å². The third-order valence-electron chi connectivity index (χ3n) is 3.37. The highest BCUT2D eigenvalue weighted by Crippen LogP contribution is 2.29. The van der Waals surface area contributed by atoms with Crippen LogP contribution in [-0.4, -0.2) is 22.5 Å². The van der Waals surface area contributed by atoms with Crippen LogP contribution >= 0.6 is 11.6 Å². The van der Waals surface area contributed by atoms with E-state index in [4.69, 9.17) is 21.6 Å². The van der Waals surface area contributed by atoms with E-state index in [1.807, 2.05) is 0 Å². The zero-order valence-corrected chi connectivity index (χ0v) is 13.1. The molecule has 0 spiro atoms. The van der Waals surface area contributed by atoms with E-state index in [-0.39, 0.29) is 17.2 Å². The van der Waals surface area contributed by atoms with E-state index >= 15 is 0 Å². The van der Waals surface area contributed by atoms with Gasteiger partial charge in [0.2, 0.25) is 0 Å². The van der Waals surface area contributed by atoms with Crippen LogP contribution in [0.15, 0.2) is 17.1 Å². The van der Waals surface area contributed by atoms with Gasteiger partial charge in [-0.3, -0.25) is 14.6 Å². The number of carbonyl (C=O) groups is 1. The Morgan fingerprint density at radius 1 is 1.55 bits per heavy atom. The lowest BCUT2D eigenvalue weighted by molar-refractivity contribution is -0.148. The predicted molar refractivity (Wildman–Crippen MR) is 81.7 cm³/mol. The molecule has 7 heteroatoms. The van der Waals surface area contributed by atoms with E-state index in [2.05, 4.69) is 9.97 Å². The van der Waals surface area contributed by atoms with Crippen molar-refractivity contribution < 1.29 is 9.53 Å². The van der Waals surface area contributed by atoms with Crippen LogP contribution in [0.1, 0.15) is 32.0 Å². The molecule has 0 fully saturated rings. The summed E-state index contributed by atoms with van der Waals surface area (Å²) in [5.74, 6) is -0.414. The second-order valence-electron chi connectivity index (χ2n) is 5.22. The van der Waals surface area contributed by atoms with Gasteiger partial charge in [-0.15, -0.1) is 0 Å². The molecule has 2 heterocycles. The number of hydrogen-bond donors (Lipinski definition) is 1. The molecule has 0 amide bonds. The van der Waals surface area contributed by atoms with Gasteiger partial charge in [0, 0.05) is 5.39 Å². The number of ether oxygens (including phenoxy) is 1. The number of rotatable bonds is 3. The molecule has 0 radical (unpaired) electrons. The maximum atomic E-state index is 12.1. The van der Waals surface area contributed by atoms with Crippen LogP contribution in [0, 0.1) is 11.3 Å². The van der Waals surface area contributed by atoms with Gasteiger partial charge >= 0.3 is 5.97 Å². The van der Waals surface area contributed by atoms with Gasteiger partial charge in [-0.05, 0) is 26.8 Å². The van der Waals surface area contributed by atoms with E-state index in [1.54, 1.807) is 32.9 Å². The predicted octanol–water partition coefficient (Wildman–Crippen LogP) is 2.29. The molecule has 1 N–H and O–H groups in total. The Kier molecular flexibility index (Phi) is 4.20. The monoisotopic (exact) mass is 319 g/mol. The van der Waals surface area contributed by atoms with Crippen LogP contribution in [0.5, 0.6) is 0 Å². The number of H-pyrrole nitrogens is 1. The van der Waals surface area contributed by atoms with Gasteiger partial charge in [-0.1, -0.05) is 11.6 Å². The first-order chi connectivity index (χ1) is 10.3. The van der Waals surface area contributed by atoms with Gasteiger partial charge in [-0.25, -0.2) is 0 Å². The normalized spacial score (nSPS) is 11.2. The number of nitrogens with one attached hydrogen (secondary N) is 1. The lowest BCUT2D eigenvalue weighted by Gasteiger charge is -2.22. The quantitative estimate of drug-likeness (QED) is 0.876. The van der Waals surface area contributed by atoms with Crippen LogP contribution in [0.3, 0.4) is 0 Å². The summed E-state index contributed by atoms with van der Waals surface area (Å²) >= 11 is 6.12. The molecule has 0 unspecified atom stereocenters. The third-order valence-corrected chi connectivity index (χ3v) is 3.77. The van der Waals surface area contributed by atoms with Gasteiger partial charge in [0.1, 0.15) is 17.0 Å². The molecule has 22 heavy (non-hydrogen) atoms. The molecule has 0 saturated carbocycles. The summed E-state index contributed by atoms with van der Waals surface area (Å²) < 4.78 is 5.05. The first-order valence-electron chi connectivity index (χ1n) is 6.62. The standard InChI is InChI=1S/C15H14ClN3O3/c1-4-22-14(21)15(2,3)11-5-8-10(7-18-11)19-13(20)9(6-17)12(8)16/h5,7H,4H2,1-3H3,(H,19,20). The van der Waals surface area contributed by atoms with Crippen molar-refractivity contribution in [2.24, 2.45) is 0 Å². The topological polar surface area (TPSA) is 95.8 Å². The Balaban J connectivity index is 2.67. The van der Waals surface area contributed by atoms with Crippen LogP contribution in [-0.2, 0) is 14.9 Å². The number of aromatic nitrogens is 2. The minimum atomic E-state index is -0.976. The second-order valence-corrected chi connectivity index (χ2v) is 5.59. The smallest absolute Gasteiger partial charge is 0.317 e. The number of hydrogen-bond acceptors (Lipinski definition) is 5. The van der Waals surface area contributed by atoms with Gasteiger partial charge < -0.3 is 9.72 Å². The minimum Gasteiger partial charge on any atom is -0.465 e. The molecule has 0 aliphatic heterocycles.